The third-order valence-corrected chi connectivity index (χ3v) is 9.11. The molecule has 0 radical (unpaired) electrons. The van der Waals surface area contributed by atoms with Crippen molar-refractivity contribution in [3.63, 3.8) is 0 Å². The number of phenolic OH excluding ortho intramolecular Hbond substituents is 1. The van der Waals surface area contributed by atoms with Crippen LogP contribution in [-0.4, -0.2) is 71.3 Å². The quantitative estimate of drug-likeness (QED) is 0.0785. The van der Waals surface area contributed by atoms with Gasteiger partial charge in [-0.25, -0.2) is 4.79 Å². The summed E-state index contributed by atoms with van der Waals surface area (Å²) in [4.78, 5) is 62.4. The number of hydrogen-bond acceptors (Lipinski definition) is 8. The number of carbonyl (C=O) groups excluding carboxylic acids is 4. The van der Waals surface area contributed by atoms with E-state index in [-0.39, 0.29) is 61.6 Å². The number of carbonyl (C=O) groups is 5. The number of rotatable bonds is 17. The van der Waals surface area contributed by atoms with Gasteiger partial charge in [-0.05, 0) is 72.1 Å². The maximum atomic E-state index is 13.1. The standard InChI is InChI=1S/C39H49N5O8/c1-22(2)35(44-39(51)52-21-31-29-12-7-5-10-27(29)28-11-6-8-13-30(28)31)37(48)42-24(4)36(47)41-17-9-14-34(46)43-32-20-25(15-16-33(32)45)19-26(40)18-23(3)38(49)50/h5-8,10-13,15-16,20,22-24,26,31,35,45H,9,14,17-19,21,40H2,1-4H3,(H,41,47)(H,42,48)(H,43,46)(H,44,51)(H,49,50)/t23-,24-,26+,35-/m0/s1. The number of amides is 4. The minimum Gasteiger partial charge on any atom is -0.506 e. The van der Waals surface area contributed by atoms with Crippen LogP contribution in [0.2, 0.25) is 0 Å². The van der Waals surface area contributed by atoms with Gasteiger partial charge in [0.25, 0.3) is 0 Å². The van der Waals surface area contributed by atoms with E-state index in [0.29, 0.717) is 6.42 Å². The summed E-state index contributed by atoms with van der Waals surface area (Å²) in [6.07, 6.45) is 0.238. The second kappa shape index (κ2) is 18.2. The van der Waals surface area contributed by atoms with E-state index in [9.17, 15) is 29.1 Å². The largest absolute Gasteiger partial charge is 0.506 e. The average molecular weight is 716 g/mol. The molecule has 0 bridgehead atoms. The van der Waals surface area contributed by atoms with Crippen molar-refractivity contribution in [3.8, 4) is 16.9 Å². The summed E-state index contributed by atoms with van der Waals surface area (Å²) in [5.41, 5.74) is 11.4. The smallest absolute Gasteiger partial charge is 0.407 e. The molecule has 0 aliphatic heterocycles. The molecule has 3 aromatic carbocycles. The molecule has 13 heteroatoms. The maximum Gasteiger partial charge on any atom is 0.407 e. The molecule has 52 heavy (non-hydrogen) atoms. The number of alkyl carbamates (subject to hydrolysis) is 1. The van der Waals surface area contributed by atoms with Crippen molar-refractivity contribution < 1.29 is 38.9 Å². The number of nitrogens with two attached hydrogens (primary N) is 1. The number of phenols is 1. The summed E-state index contributed by atoms with van der Waals surface area (Å²) in [5.74, 6) is -3.46. The molecule has 278 valence electrons. The Kier molecular flexibility index (Phi) is 13.8. The topological polar surface area (TPSA) is 209 Å². The van der Waals surface area contributed by atoms with Gasteiger partial charge in [0.1, 0.15) is 24.4 Å². The van der Waals surface area contributed by atoms with Crippen LogP contribution in [0.1, 0.15) is 69.6 Å². The number of carboxylic acids is 1. The van der Waals surface area contributed by atoms with Gasteiger partial charge in [-0.2, -0.15) is 0 Å². The first-order valence-electron chi connectivity index (χ1n) is 17.5. The number of nitrogens with one attached hydrogen (secondary N) is 4. The van der Waals surface area contributed by atoms with Crippen molar-refractivity contribution in [2.45, 2.75) is 77.4 Å². The predicted octanol–water partition coefficient (Wildman–Crippen LogP) is 4.28. The molecule has 8 N–H and O–H groups in total. The maximum absolute atomic E-state index is 13.1. The zero-order valence-electron chi connectivity index (χ0n) is 30.0. The molecular weight excluding hydrogens is 666 g/mol. The van der Waals surface area contributed by atoms with Crippen LogP contribution >= 0.6 is 0 Å². The fraction of sp³-hybridized carbons (Fsp3) is 0.410. The second-order valence-electron chi connectivity index (χ2n) is 13.7. The molecule has 1 aliphatic rings. The first kappa shape index (κ1) is 39.4. The van der Waals surface area contributed by atoms with Gasteiger partial charge in [-0.15, -0.1) is 0 Å². The number of hydrogen-bond donors (Lipinski definition) is 7. The van der Waals surface area contributed by atoms with E-state index in [0.717, 1.165) is 27.8 Å². The van der Waals surface area contributed by atoms with Gasteiger partial charge in [0.2, 0.25) is 17.7 Å². The van der Waals surface area contributed by atoms with Gasteiger partial charge in [-0.1, -0.05) is 75.4 Å². The monoisotopic (exact) mass is 715 g/mol. The van der Waals surface area contributed by atoms with Gasteiger partial charge in [0.15, 0.2) is 0 Å². The van der Waals surface area contributed by atoms with Gasteiger partial charge in [0, 0.05) is 24.9 Å². The summed E-state index contributed by atoms with van der Waals surface area (Å²) in [5, 5.41) is 30.0. The Bertz CT molecular complexity index is 1720. The van der Waals surface area contributed by atoms with E-state index in [4.69, 9.17) is 15.6 Å². The lowest BCUT2D eigenvalue weighted by Gasteiger charge is -2.24. The Morgan fingerprint density at radius 3 is 2.12 bits per heavy atom. The minimum absolute atomic E-state index is 0.0415. The van der Waals surface area contributed by atoms with Crippen molar-refractivity contribution in [1.82, 2.24) is 16.0 Å². The van der Waals surface area contributed by atoms with Crippen LogP contribution < -0.4 is 27.0 Å². The fourth-order valence-electron chi connectivity index (χ4n) is 6.25. The van der Waals surface area contributed by atoms with Crippen molar-refractivity contribution in [1.29, 1.82) is 0 Å². The Morgan fingerprint density at radius 1 is 0.865 bits per heavy atom. The molecule has 0 unspecified atom stereocenters. The van der Waals surface area contributed by atoms with Gasteiger partial charge in [0.05, 0.1) is 11.6 Å². The highest BCUT2D eigenvalue weighted by atomic mass is 16.5. The number of anilines is 1. The zero-order valence-corrected chi connectivity index (χ0v) is 30.0. The minimum atomic E-state index is -0.950. The first-order valence-corrected chi connectivity index (χ1v) is 17.5. The van der Waals surface area contributed by atoms with Crippen molar-refractivity contribution in [2.75, 3.05) is 18.5 Å². The molecule has 3 aromatic rings. The third-order valence-electron chi connectivity index (χ3n) is 9.11. The summed E-state index contributed by atoms with van der Waals surface area (Å²) in [6, 6.07) is 18.4. The highest BCUT2D eigenvalue weighted by molar-refractivity contribution is 5.93. The molecule has 0 saturated heterocycles. The molecule has 13 nitrogen and oxygen atoms in total. The van der Waals surface area contributed by atoms with Gasteiger partial charge >= 0.3 is 12.1 Å². The highest BCUT2D eigenvalue weighted by Crippen LogP contribution is 2.44. The lowest BCUT2D eigenvalue weighted by Crippen LogP contribution is -2.54. The van der Waals surface area contributed by atoms with Crippen molar-refractivity contribution in [3.05, 3.63) is 83.4 Å². The zero-order chi connectivity index (χ0) is 37.9. The number of fused-ring (bicyclic) bond motifs is 3. The molecule has 0 aromatic heterocycles. The van der Waals surface area contributed by atoms with Crippen LogP contribution in [0.4, 0.5) is 10.5 Å². The lowest BCUT2D eigenvalue weighted by atomic mass is 9.96. The van der Waals surface area contributed by atoms with E-state index in [2.05, 4.69) is 21.3 Å². The summed E-state index contributed by atoms with van der Waals surface area (Å²) >= 11 is 0. The van der Waals surface area contributed by atoms with Crippen molar-refractivity contribution in [2.24, 2.45) is 17.6 Å². The number of benzene rings is 3. The number of ether oxygens (including phenoxy) is 1. The molecule has 4 atom stereocenters. The summed E-state index contributed by atoms with van der Waals surface area (Å²) in [7, 11) is 0. The Morgan fingerprint density at radius 2 is 1.50 bits per heavy atom. The lowest BCUT2D eigenvalue weighted by molar-refractivity contribution is -0.141. The van der Waals surface area contributed by atoms with E-state index in [1.54, 1.807) is 32.9 Å². The van der Waals surface area contributed by atoms with Crippen LogP contribution in [0.5, 0.6) is 5.75 Å². The van der Waals surface area contributed by atoms with E-state index in [1.807, 2.05) is 48.5 Å². The first-order chi connectivity index (χ1) is 24.7. The van der Waals surface area contributed by atoms with Crippen molar-refractivity contribution >= 4 is 35.5 Å². The Balaban J connectivity index is 1.19. The molecule has 0 heterocycles. The molecule has 4 amide bonds. The Hall–Kier alpha value is -5.43. The molecule has 0 fully saturated rings. The SMILES string of the molecule is CC(C)[C@H](NC(=O)OCC1c2ccccc2-c2ccccc21)C(=O)N[C@@H](C)C(=O)NCCCC(=O)Nc1cc(C[C@H](N)C[C@H](C)C(=O)O)ccc1O. The normalized spacial score (nSPS) is 14.3. The van der Waals surface area contributed by atoms with Gasteiger partial charge in [-0.3, -0.25) is 19.2 Å². The third kappa shape index (κ3) is 10.5. The van der Waals surface area contributed by atoms with E-state index >= 15 is 0 Å². The van der Waals surface area contributed by atoms with Gasteiger partial charge < -0.3 is 42.0 Å². The second-order valence-corrected chi connectivity index (χ2v) is 13.7. The average Bonchev–Trinajstić information content (AvgIpc) is 3.42. The van der Waals surface area contributed by atoms with E-state index < -0.39 is 47.9 Å². The number of aromatic hydroxyl groups is 1. The summed E-state index contributed by atoms with van der Waals surface area (Å²) in [6.45, 7) is 6.91. The van der Waals surface area contributed by atoms with Crippen LogP contribution in [-0.2, 0) is 30.3 Å². The predicted molar refractivity (Wildman–Crippen MR) is 197 cm³/mol. The molecule has 1 aliphatic carbocycles. The van der Waals surface area contributed by atoms with Crippen LogP contribution in [0.3, 0.4) is 0 Å². The summed E-state index contributed by atoms with van der Waals surface area (Å²) < 4.78 is 5.61. The Labute approximate surface area is 303 Å². The molecular formula is C39H49N5O8. The van der Waals surface area contributed by atoms with Crippen LogP contribution in [0.15, 0.2) is 66.7 Å². The molecule has 0 saturated carbocycles. The molecule has 4 rings (SSSR count). The number of aliphatic carboxylic acids is 1. The highest BCUT2D eigenvalue weighted by Gasteiger charge is 2.31. The molecule has 0 spiro atoms. The van der Waals surface area contributed by atoms with Crippen LogP contribution in [0.25, 0.3) is 11.1 Å². The van der Waals surface area contributed by atoms with Crippen LogP contribution in [0, 0.1) is 11.8 Å². The fourth-order valence-corrected chi connectivity index (χ4v) is 6.25. The number of carboxylic acid groups (broad SMARTS) is 1. The van der Waals surface area contributed by atoms with E-state index in [1.165, 1.54) is 13.0 Å².